The van der Waals surface area contributed by atoms with Gasteiger partial charge >= 0.3 is 0 Å². The Kier molecular flexibility index (Phi) is 3.27. The lowest BCUT2D eigenvalue weighted by Crippen LogP contribution is -2.06. The summed E-state index contributed by atoms with van der Waals surface area (Å²) in [5.41, 5.74) is 1.67. The Morgan fingerprint density at radius 1 is 1.44 bits per heavy atom. The zero-order valence-electron chi connectivity index (χ0n) is 10.3. The van der Waals surface area contributed by atoms with Crippen molar-refractivity contribution >= 4 is 11.4 Å². The summed E-state index contributed by atoms with van der Waals surface area (Å²) in [6.07, 6.45) is 3.57. The Bertz CT molecular complexity index is 577. The van der Waals surface area contributed by atoms with Crippen LogP contribution in [0.4, 0.5) is 11.4 Å². The van der Waals surface area contributed by atoms with Crippen molar-refractivity contribution < 1.29 is 4.92 Å². The third kappa shape index (κ3) is 2.65. The van der Waals surface area contributed by atoms with Crippen LogP contribution in [-0.4, -0.2) is 14.5 Å². The van der Waals surface area contributed by atoms with Crippen LogP contribution in [0.1, 0.15) is 11.4 Å². The van der Waals surface area contributed by atoms with Crippen molar-refractivity contribution in [2.75, 3.05) is 5.32 Å². The highest BCUT2D eigenvalue weighted by molar-refractivity contribution is 5.53. The van der Waals surface area contributed by atoms with E-state index < -0.39 is 0 Å². The fourth-order valence-electron chi connectivity index (χ4n) is 1.72. The molecule has 94 valence electrons. The van der Waals surface area contributed by atoms with Gasteiger partial charge in [-0.25, -0.2) is 4.98 Å². The molecule has 1 N–H and O–H groups in total. The van der Waals surface area contributed by atoms with E-state index >= 15 is 0 Å². The van der Waals surface area contributed by atoms with Gasteiger partial charge in [-0.3, -0.25) is 10.1 Å². The van der Waals surface area contributed by atoms with Crippen LogP contribution >= 0.6 is 0 Å². The van der Waals surface area contributed by atoms with Crippen LogP contribution in [0.3, 0.4) is 0 Å². The lowest BCUT2D eigenvalue weighted by Gasteiger charge is -2.07. The van der Waals surface area contributed by atoms with Gasteiger partial charge in [0.2, 0.25) is 0 Å². The molecule has 2 aromatic rings. The zero-order chi connectivity index (χ0) is 13.1. The molecule has 1 aromatic carbocycles. The van der Waals surface area contributed by atoms with Crippen LogP contribution in [0.5, 0.6) is 0 Å². The highest BCUT2D eigenvalue weighted by Gasteiger charge is 2.08. The Hall–Kier alpha value is -2.37. The predicted molar refractivity (Wildman–Crippen MR) is 68.4 cm³/mol. The summed E-state index contributed by atoms with van der Waals surface area (Å²) in [6.45, 7) is 2.36. The van der Waals surface area contributed by atoms with Crippen molar-refractivity contribution in [1.29, 1.82) is 0 Å². The summed E-state index contributed by atoms with van der Waals surface area (Å²) in [5.74, 6) is 0.874. The largest absolute Gasteiger partial charge is 0.378 e. The average Bonchev–Trinajstić information content (AvgIpc) is 2.71. The van der Waals surface area contributed by atoms with Gasteiger partial charge in [-0.1, -0.05) is 0 Å². The quantitative estimate of drug-likeness (QED) is 0.663. The predicted octanol–water partition coefficient (Wildman–Crippen LogP) is 2.25. The van der Waals surface area contributed by atoms with Crippen LogP contribution in [0, 0.1) is 17.0 Å². The van der Waals surface area contributed by atoms with Crippen LogP contribution in [0.15, 0.2) is 30.6 Å². The van der Waals surface area contributed by atoms with Crippen LogP contribution in [0.2, 0.25) is 0 Å². The van der Waals surface area contributed by atoms with Crippen molar-refractivity contribution in [3.05, 3.63) is 52.1 Å². The first-order chi connectivity index (χ1) is 8.56. The first kappa shape index (κ1) is 12.1. The third-order valence-corrected chi connectivity index (χ3v) is 2.64. The van der Waals surface area contributed by atoms with Crippen LogP contribution < -0.4 is 5.32 Å². The maximum atomic E-state index is 10.8. The highest BCUT2D eigenvalue weighted by Crippen LogP contribution is 2.20. The van der Waals surface area contributed by atoms with Crippen molar-refractivity contribution in [1.82, 2.24) is 9.55 Å². The maximum absolute atomic E-state index is 10.8. The zero-order valence-corrected chi connectivity index (χ0v) is 10.3. The second kappa shape index (κ2) is 4.87. The van der Waals surface area contributed by atoms with E-state index in [1.54, 1.807) is 12.3 Å². The molecular weight excluding hydrogens is 232 g/mol. The number of nitro groups is 1. The van der Waals surface area contributed by atoms with Gasteiger partial charge < -0.3 is 9.88 Å². The van der Waals surface area contributed by atoms with E-state index in [0.29, 0.717) is 6.54 Å². The second-order valence-corrected chi connectivity index (χ2v) is 4.12. The van der Waals surface area contributed by atoms with E-state index in [4.69, 9.17) is 0 Å². The monoisotopic (exact) mass is 246 g/mol. The van der Waals surface area contributed by atoms with Crippen molar-refractivity contribution in [3.8, 4) is 0 Å². The normalized spacial score (nSPS) is 10.3. The Balaban J connectivity index is 2.14. The molecule has 0 aliphatic carbocycles. The number of non-ortho nitro benzene ring substituents is 1. The van der Waals surface area contributed by atoms with Gasteiger partial charge in [0.15, 0.2) is 0 Å². The lowest BCUT2D eigenvalue weighted by molar-refractivity contribution is -0.384. The number of nitrogens with zero attached hydrogens (tertiary/aromatic N) is 3. The minimum atomic E-state index is -0.390. The van der Waals surface area contributed by atoms with Crippen molar-refractivity contribution in [2.24, 2.45) is 7.05 Å². The smallest absolute Gasteiger partial charge is 0.271 e. The number of rotatable bonds is 4. The summed E-state index contributed by atoms with van der Waals surface area (Å²) in [7, 11) is 1.91. The Morgan fingerprint density at radius 2 is 2.22 bits per heavy atom. The molecule has 0 atom stereocenters. The minimum absolute atomic E-state index is 0.0948. The molecule has 0 radical (unpaired) electrons. The van der Waals surface area contributed by atoms with E-state index in [-0.39, 0.29) is 10.6 Å². The SMILES string of the molecule is Cc1cc(NCc2nccn2C)cc([N+](=O)[O-])c1. The molecule has 1 aromatic heterocycles. The topological polar surface area (TPSA) is 73.0 Å². The van der Waals surface area contributed by atoms with Crippen molar-refractivity contribution in [2.45, 2.75) is 13.5 Å². The van der Waals surface area contributed by atoms with Gasteiger partial charge in [0.25, 0.3) is 5.69 Å². The second-order valence-electron chi connectivity index (χ2n) is 4.12. The number of nitro benzene ring substituents is 1. The van der Waals surface area contributed by atoms with Crippen molar-refractivity contribution in [3.63, 3.8) is 0 Å². The van der Waals surface area contributed by atoms with E-state index in [1.165, 1.54) is 6.07 Å². The van der Waals surface area contributed by atoms with E-state index in [9.17, 15) is 10.1 Å². The molecule has 0 unspecified atom stereocenters. The number of anilines is 1. The lowest BCUT2D eigenvalue weighted by atomic mass is 10.2. The molecule has 2 rings (SSSR count). The molecule has 18 heavy (non-hydrogen) atoms. The molecule has 0 spiro atoms. The number of benzene rings is 1. The molecule has 0 fully saturated rings. The van der Waals surface area contributed by atoms with Crippen LogP contribution in [-0.2, 0) is 13.6 Å². The number of hydrogen-bond acceptors (Lipinski definition) is 4. The van der Waals surface area contributed by atoms with Gasteiger partial charge in [-0.2, -0.15) is 0 Å². The van der Waals surface area contributed by atoms with E-state index in [0.717, 1.165) is 17.1 Å². The number of hydrogen-bond donors (Lipinski definition) is 1. The third-order valence-electron chi connectivity index (χ3n) is 2.64. The van der Waals surface area contributed by atoms with Gasteiger partial charge in [0.1, 0.15) is 5.82 Å². The Labute approximate surface area is 104 Å². The molecule has 0 amide bonds. The maximum Gasteiger partial charge on any atom is 0.271 e. The standard InChI is InChI=1S/C12H14N4O2/c1-9-5-10(7-11(6-9)16(17)18)14-8-12-13-3-4-15(12)2/h3-7,14H,8H2,1-2H3. The fraction of sp³-hybridized carbons (Fsp3) is 0.250. The van der Waals surface area contributed by atoms with Gasteiger partial charge in [0.05, 0.1) is 11.5 Å². The number of imidazole rings is 1. The molecule has 0 saturated heterocycles. The number of nitrogens with one attached hydrogen (secondary N) is 1. The van der Waals surface area contributed by atoms with E-state index in [1.807, 2.05) is 30.8 Å². The molecular formula is C12H14N4O2. The molecule has 0 bridgehead atoms. The van der Waals surface area contributed by atoms with Gasteiger partial charge in [-0.15, -0.1) is 0 Å². The van der Waals surface area contributed by atoms with Gasteiger partial charge in [-0.05, 0) is 18.6 Å². The number of aromatic nitrogens is 2. The van der Waals surface area contributed by atoms with E-state index in [2.05, 4.69) is 10.3 Å². The number of aryl methyl sites for hydroxylation is 2. The highest BCUT2D eigenvalue weighted by atomic mass is 16.6. The summed E-state index contributed by atoms with van der Waals surface area (Å²) in [6, 6.07) is 4.94. The fourth-order valence-corrected chi connectivity index (χ4v) is 1.72. The molecule has 0 saturated carbocycles. The molecule has 0 aliphatic heterocycles. The summed E-state index contributed by atoms with van der Waals surface area (Å²) < 4.78 is 1.90. The minimum Gasteiger partial charge on any atom is -0.378 e. The van der Waals surface area contributed by atoms with Crippen LogP contribution in [0.25, 0.3) is 0 Å². The summed E-state index contributed by atoms with van der Waals surface area (Å²) in [4.78, 5) is 14.5. The Morgan fingerprint density at radius 3 is 2.83 bits per heavy atom. The first-order valence-electron chi connectivity index (χ1n) is 5.52. The molecule has 1 heterocycles. The summed E-state index contributed by atoms with van der Waals surface area (Å²) in [5, 5.41) is 13.9. The molecule has 6 nitrogen and oxygen atoms in total. The molecule has 6 heteroatoms. The average molecular weight is 246 g/mol. The molecule has 0 aliphatic rings. The van der Waals surface area contributed by atoms with Gasteiger partial charge in [0, 0.05) is 37.3 Å². The first-order valence-corrected chi connectivity index (χ1v) is 5.52. The summed E-state index contributed by atoms with van der Waals surface area (Å²) >= 11 is 0.